The number of aliphatic hydroxyl groups excluding tert-OH is 1. The number of aliphatic hydroxyl groups is 1. The maximum Gasteiger partial charge on any atom is 0.105 e. The summed E-state index contributed by atoms with van der Waals surface area (Å²) in [5.41, 5.74) is 0. The zero-order valence-corrected chi connectivity index (χ0v) is 14.1. The van der Waals surface area contributed by atoms with Crippen molar-refractivity contribution in [2.24, 2.45) is 0 Å². The molecule has 5 nitrogen and oxygen atoms in total. The average Bonchev–Trinajstić information content (AvgIpc) is 2.47. The van der Waals surface area contributed by atoms with Crippen LogP contribution in [0.3, 0.4) is 0 Å². The molecule has 0 saturated heterocycles. The Hall–Kier alpha value is -0.0100. The monoisotopic (exact) mass is 323 g/mol. The van der Waals surface area contributed by atoms with E-state index in [0.717, 1.165) is 12.8 Å². The summed E-state index contributed by atoms with van der Waals surface area (Å²) in [6, 6.07) is 0. The standard InChI is InChI=1S/C15H32O5S/c1-2-3-4-5-6-7-8-9-10-11-12-19-15(13-16)14-20-21(17)18/h15-16H,2-14H2,1H3,(H,17,18)/p-1. The number of ether oxygens (including phenoxy) is 1. The average molecular weight is 323 g/mol. The molecular formula is C15H31O5S-. The summed E-state index contributed by atoms with van der Waals surface area (Å²) in [5.74, 6) is 0. The molecular weight excluding hydrogens is 292 g/mol. The molecule has 128 valence electrons. The second-order valence-corrected chi connectivity index (χ2v) is 5.99. The molecule has 6 heteroatoms. The molecule has 0 radical (unpaired) electrons. The number of unbranched alkanes of at least 4 members (excludes halogenated alkanes) is 9. The summed E-state index contributed by atoms with van der Waals surface area (Å²) in [4.78, 5) is 0. The van der Waals surface area contributed by atoms with Gasteiger partial charge in [-0.25, -0.2) is 4.21 Å². The molecule has 0 aliphatic heterocycles. The van der Waals surface area contributed by atoms with Crippen molar-refractivity contribution >= 4 is 11.4 Å². The smallest absolute Gasteiger partial charge is 0.105 e. The van der Waals surface area contributed by atoms with Gasteiger partial charge >= 0.3 is 0 Å². The molecule has 0 saturated carbocycles. The van der Waals surface area contributed by atoms with Crippen LogP contribution < -0.4 is 0 Å². The quantitative estimate of drug-likeness (QED) is 0.349. The van der Waals surface area contributed by atoms with Crippen LogP contribution >= 0.6 is 0 Å². The molecule has 0 fully saturated rings. The van der Waals surface area contributed by atoms with Crippen molar-refractivity contribution in [3.05, 3.63) is 0 Å². The largest absolute Gasteiger partial charge is 0.750 e. The Morgan fingerprint density at radius 1 is 1.00 bits per heavy atom. The normalized spacial score (nSPS) is 14.2. The Balaban J connectivity index is 3.24. The molecule has 0 aliphatic carbocycles. The molecule has 0 bridgehead atoms. The van der Waals surface area contributed by atoms with Crippen molar-refractivity contribution in [2.45, 2.75) is 77.2 Å². The SMILES string of the molecule is CCCCCCCCCCCCOC(CO)COS(=O)[O-]. The van der Waals surface area contributed by atoms with Gasteiger partial charge in [0, 0.05) is 6.61 Å². The van der Waals surface area contributed by atoms with Gasteiger partial charge in [0.2, 0.25) is 0 Å². The zero-order chi connectivity index (χ0) is 15.8. The number of hydrogen-bond acceptors (Lipinski definition) is 5. The van der Waals surface area contributed by atoms with Crippen LogP contribution in [-0.4, -0.2) is 39.8 Å². The minimum Gasteiger partial charge on any atom is -0.750 e. The summed E-state index contributed by atoms with van der Waals surface area (Å²) >= 11 is -2.55. The minimum atomic E-state index is -2.55. The predicted molar refractivity (Wildman–Crippen MR) is 83.5 cm³/mol. The van der Waals surface area contributed by atoms with E-state index in [2.05, 4.69) is 11.1 Å². The minimum absolute atomic E-state index is 0.121. The van der Waals surface area contributed by atoms with Gasteiger partial charge in [0.15, 0.2) is 0 Å². The van der Waals surface area contributed by atoms with Crippen molar-refractivity contribution in [1.29, 1.82) is 0 Å². The molecule has 0 aliphatic rings. The molecule has 0 aromatic carbocycles. The topological polar surface area (TPSA) is 78.8 Å². The summed E-state index contributed by atoms with van der Waals surface area (Å²) in [5, 5.41) is 8.99. The zero-order valence-electron chi connectivity index (χ0n) is 13.3. The predicted octanol–water partition coefficient (Wildman–Crippen LogP) is 3.10. The number of rotatable bonds is 16. The fraction of sp³-hybridized carbons (Fsp3) is 1.00. The first-order valence-electron chi connectivity index (χ1n) is 8.15. The van der Waals surface area contributed by atoms with E-state index >= 15 is 0 Å². The van der Waals surface area contributed by atoms with Gasteiger partial charge in [0.25, 0.3) is 0 Å². The van der Waals surface area contributed by atoms with Crippen LogP contribution in [0.5, 0.6) is 0 Å². The van der Waals surface area contributed by atoms with Gasteiger partial charge in [-0.3, -0.25) is 4.18 Å². The highest BCUT2D eigenvalue weighted by Gasteiger charge is 2.07. The van der Waals surface area contributed by atoms with Crippen molar-refractivity contribution in [3.63, 3.8) is 0 Å². The van der Waals surface area contributed by atoms with Gasteiger partial charge in [-0.05, 0) is 6.42 Å². The van der Waals surface area contributed by atoms with Crippen molar-refractivity contribution in [3.8, 4) is 0 Å². The lowest BCUT2D eigenvalue weighted by molar-refractivity contribution is -0.0141. The Kier molecular flexibility index (Phi) is 16.4. The number of hydrogen-bond donors (Lipinski definition) is 1. The van der Waals surface area contributed by atoms with E-state index in [1.165, 1.54) is 51.4 Å². The highest BCUT2D eigenvalue weighted by molar-refractivity contribution is 7.74. The second kappa shape index (κ2) is 16.4. The van der Waals surface area contributed by atoms with Crippen LogP contribution in [0.15, 0.2) is 0 Å². The van der Waals surface area contributed by atoms with Crippen LogP contribution in [0.25, 0.3) is 0 Å². The lowest BCUT2D eigenvalue weighted by Crippen LogP contribution is -2.25. The van der Waals surface area contributed by atoms with Crippen molar-refractivity contribution < 1.29 is 22.8 Å². The highest BCUT2D eigenvalue weighted by Crippen LogP contribution is 2.10. The molecule has 0 aromatic heterocycles. The molecule has 21 heavy (non-hydrogen) atoms. The summed E-state index contributed by atoms with van der Waals surface area (Å²) in [7, 11) is 0. The molecule has 2 atom stereocenters. The first-order chi connectivity index (χ1) is 10.2. The molecule has 0 rings (SSSR count). The van der Waals surface area contributed by atoms with E-state index < -0.39 is 17.5 Å². The van der Waals surface area contributed by atoms with Gasteiger partial charge in [0.1, 0.15) is 6.10 Å². The van der Waals surface area contributed by atoms with E-state index in [0.29, 0.717) is 6.61 Å². The van der Waals surface area contributed by atoms with Crippen LogP contribution in [0.4, 0.5) is 0 Å². The van der Waals surface area contributed by atoms with Gasteiger partial charge < -0.3 is 14.4 Å². The van der Waals surface area contributed by atoms with Crippen molar-refractivity contribution in [1.82, 2.24) is 0 Å². The van der Waals surface area contributed by atoms with E-state index in [-0.39, 0.29) is 13.2 Å². The van der Waals surface area contributed by atoms with Crippen LogP contribution in [0.1, 0.15) is 71.1 Å². The molecule has 0 aromatic rings. The van der Waals surface area contributed by atoms with Crippen LogP contribution in [-0.2, 0) is 20.3 Å². The molecule has 0 amide bonds. The summed E-state index contributed by atoms with van der Waals surface area (Å²) < 4.78 is 30.2. The lowest BCUT2D eigenvalue weighted by atomic mass is 10.1. The third-order valence-electron chi connectivity index (χ3n) is 3.41. The lowest BCUT2D eigenvalue weighted by Gasteiger charge is -2.16. The van der Waals surface area contributed by atoms with Gasteiger partial charge in [-0.2, -0.15) is 0 Å². The maximum atomic E-state index is 10.2. The third-order valence-corrected chi connectivity index (χ3v) is 3.73. The molecule has 0 heterocycles. The Morgan fingerprint density at radius 2 is 1.52 bits per heavy atom. The van der Waals surface area contributed by atoms with E-state index in [1.807, 2.05) is 0 Å². The van der Waals surface area contributed by atoms with Crippen LogP contribution in [0.2, 0.25) is 0 Å². The molecule has 0 spiro atoms. The summed E-state index contributed by atoms with van der Waals surface area (Å²) in [6.07, 6.45) is 12.0. The Bertz CT molecular complexity index is 238. The van der Waals surface area contributed by atoms with E-state index in [9.17, 15) is 8.76 Å². The van der Waals surface area contributed by atoms with Gasteiger partial charge in [0.05, 0.1) is 24.6 Å². The van der Waals surface area contributed by atoms with Gasteiger partial charge in [-0.1, -0.05) is 64.7 Å². The van der Waals surface area contributed by atoms with Gasteiger partial charge in [-0.15, -0.1) is 0 Å². The third kappa shape index (κ3) is 16.2. The second-order valence-electron chi connectivity index (χ2n) is 5.35. The first-order valence-corrected chi connectivity index (χ1v) is 9.15. The Morgan fingerprint density at radius 3 is 2.00 bits per heavy atom. The maximum absolute atomic E-state index is 10.2. The Labute approximate surface area is 131 Å². The molecule has 1 N–H and O–H groups in total. The molecule has 2 unspecified atom stereocenters. The first kappa shape index (κ1) is 21.0. The van der Waals surface area contributed by atoms with Crippen LogP contribution in [0, 0.1) is 0 Å². The fourth-order valence-corrected chi connectivity index (χ4v) is 2.39. The van der Waals surface area contributed by atoms with Crippen molar-refractivity contribution in [2.75, 3.05) is 19.8 Å². The van der Waals surface area contributed by atoms with E-state index in [1.54, 1.807) is 0 Å². The summed E-state index contributed by atoms with van der Waals surface area (Å²) in [6.45, 7) is 2.42. The highest BCUT2D eigenvalue weighted by atomic mass is 32.2. The van der Waals surface area contributed by atoms with E-state index in [4.69, 9.17) is 9.84 Å². The fourth-order valence-electron chi connectivity index (χ4n) is 2.12.